The van der Waals surface area contributed by atoms with E-state index in [0.29, 0.717) is 6.61 Å². The molecule has 1 unspecified atom stereocenters. The Kier molecular flexibility index (Phi) is 5.53. The summed E-state index contributed by atoms with van der Waals surface area (Å²) in [7, 11) is 4.07. The molecular formula is C16H19ClN2O. The molecule has 3 nitrogen and oxygen atoms in total. The zero-order chi connectivity index (χ0) is 14.4. The summed E-state index contributed by atoms with van der Waals surface area (Å²) in [5.41, 5.74) is 2.06. The van der Waals surface area contributed by atoms with Crippen LogP contribution in [0, 0.1) is 0 Å². The fraction of sp³-hybridized carbons (Fsp3) is 0.312. The summed E-state index contributed by atoms with van der Waals surface area (Å²) in [6, 6.07) is 13.6. The highest BCUT2D eigenvalue weighted by Crippen LogP contribution is 2.21. The highest BCUT2D eigenvalue weighted by Gasteiger charge is 2.13. The van der Waals surface area contributed by atoms with Crippen molar-refractivity contribution in [2.24, 2.45) is 0 Å². The maximum atomic E-state index is 6.02. The largest absolute Gasteiger partial charge is 0.366 e. The molecule has 0 fully saturated rings. The Labute approximate surface area is 125 Å². The number of ether oxygens (including phenoxy) is 1. The van der Waals surface area contributed by atoms with E-state index in [9.17, 15) is 0 Å². The number of halogens is 1. The third-order valence-corrected chi connectivity index (χ3v) is 3.18. The van der Waals surface area contributed by atoms with Crippen molar-refractivity contribution in [3.05, 3.63) is 64.9 Å². The number of pyridine rings is 1. The molecule has 0 saturated heterocycles. The van der Waals surface area contributed by atoms with Crippen LogP contribution >= 0.6 is 11.6 Å². The lowest BCUT2D eigenvalue weighted by molar-refractivity contribution is 0.0213. The third-order valence-electron chi connectivity index (χ3n) is 2.93. The molecule has 106 valence electrons. The van der Waals surface area contributed by atoms with Gasteiger partial charge in [0.25, 0.3) is 0 Å². The number of aromatic nitrogens is 1. The van der Waals surface area contributed by atoms with Crippen LogP contribution < -0.4 is 0 Å². The van der Waals surface area contributed by atoms with Gasteiger partial charge in [-0.25, -0.2) is 0 Å². The molecule has 2 aromatic rings. The summed E-state index contributed by atoms with van der Waals surface area (Å²) >= 11 is 5.93. The molecular weight excluding hydrogens is 272 g/mol. The van der Waals surface area contributed by atoms with Crippen LogP contribution in [0.15, 0.2) is 48.7 Å². The van der Waals surface area contributed by atoms with E-state index in [4.69, 9.17) is 16.3 Å². The van der Waals surface area contributed by atoms with E-state index in [1.807, 2.05) is 56.6 Å². The SMILES string of the molecule is CN(C)CC(OCc1ccccn1)c1ccc(Cl)cc1. The molecule has 0 radical (unpaired) electrons. The predicted molar refractivity (Wildman–Crippen MR) is 81.8 cm³/mol. The van der Waals surface area contributed by atoms with Crippen LogP contribution in [0.2, 0.25) is 5.02 Å². The lowest BCUT2D eigenvalue weighted by atomic mass is 10.1. The number of hydrogen-bond donors (Lipinski definition) is 0. The van der Waals surface area contributed by atoms with Gasteiger partial charge in [-0.2, -0.15) is 0 Å². The van der Waals surface area contributed by atoms with Gasteiger partial charge in [0.05, 0.1) is 18.4 Å². The minimum absolute atomic E-state index is 0.00396. The number of rotatable bonds is 6. The number of nitrogens with zero attached hydrogens (tertiary/aromatic N) is 2. The van der Waals surface area contributed by atoms with E-state index in [1.54, 1.807) is 6.20 Å². The van der Waals surface area contributed by atoms with Gasteiger partial charge >= 0.3 is 0 Å². The average molecular weight is 291 g/mol. The standard InChI is InChI=1S/C16H19ClN2O/c1-19(2)11-16(13-6-8-14(17)9-7-13)20-12-15-5-3-4-10-18-15/h3-10,16H,11-12H2,1-2H3. The van der Waals surface area contributed by atoms with Crippen LogP contribution in [0.5, 0.6) is 0 Å². The number of hydrogen-bond acceptors (Lipinski definition) is 3. The van der Waals surface area contributed by atoms with Gasteiger partial charge in [-0.3, -0.25) is 4.98 Å². The molecule has 1 aromatic heterocycles. The first-order valence-electron chi connectivity index (χ1n) is 6.57. The van der Waals surface area contributed by atoms with E-state index in [0.717, 1.165) is 22.8 Å². The van der Waals surface area contributed by atoms with E-state index >= 15 is 0 Å². The lowest BCUT2D eigenvalue weighted by Crippen LogP contribution is -2.22. The minimum atomic E-state index is 0.00396. The summed E-state index contributed by atoms with van der Waals surface area (Å²) in [6.45, 7) is 1.32. The minimum Gasteiger partial charge on any atom is -0.366 e. The van der Waals surface area contributed by atoms with Crippen molar-refractivity contribution in [3.63, 3.8) is 0 Å². The van der Waals surface area contributed by atoms with Crippen molar-refractivity contribution in [2.75, 3.05) is 20.6 Å². The fourth-order valence-electron chi connectivity index (χ4n) is 1.93. The van der Waals surface area contributed by atoms with Crippen LogP contribution in [-0.2, 0) is 11.3 Å². The molecule has 1 atom stereocenters. The first kappa shape index (κ1) is 15.0. The maximum Gasteiger partial charge on any atom is 0.0956 e. The van der Waals surface area contributed by atoms with Crippen LogP contribution in [0.3, 0.4) is 0 Å². The molecule has 0 bridgehead atoms. The van der Waals surface area contributed by atoms with Crippen molar-refractivity contribution in [1.82, 2.24) is 9.88 Å². The summed E-state index contributed by atoms with van der Waals surface area (Å²) in [5.74, 6) is 0. The zero-order valence-electron chi connectivity index (χ0n) is 11.8. The van der Waals surface area contributed by atoms with Gasteiger partial charge in [-0.15, -0.1) is 0 Å². The molecule has 0 saturated carbocycles. The van der Waals surface area contributed by atoms with Crippen molar-refractivity contribution >= 4 is 11.6 Å². The second-order valence-electron chi connectivity index (χ2n) is 4.93. The molecule has 0 aliphatic rings. The van der Waals surface area contributed by atoms with E-state index in [1.165, 1.54) is 0 Å². The smallest absolute Gasteiger partial charge is 0.0956 e. The molecule has 0 aliphatic heterocycles. The molecule has 2 rings (SSSR count). The number of likely N-dealkylation sites (N-methyl/N-ethyl adjacent to an activating group) is 1. The molecule has 0 N–H and O–H groups in total. The summed E-state index contributed by atoms with van der Waals surface area (Å²) < 4.78 is 6.02. The summed E-state index contributed by atoms with van der Waals surface area (Å²) in [4.78, 5) is 6.39. The van der Waals surface area contributed by atoms with E-state index in [2.05, 4.69) is 9.88 Å². The third kappa shape index (κ3) is 4.60. The van der Waals surface area contributed by atoms with Crippen molar-refractivity contribution < 1.29 is 4.74 Å². The van der Waals surface area contributed by atoms with Gasteiger partial charge in [0.15, 0.2) is 0 Å². The Morgan fingerprint density at radius 1 is 1.15 bits per heavy atom. The Hall–Kier alpha value is -1.42. The van der Waals surface area contributed by atoms with Crippen LogP contribution in [0.4, 0.5) is 0 Å². The molecule has 1 heterocycles. The summed E-state index contributed by atoms with van der Waals surface area (Å²) in [5, 5.41) is 0.738. The van der Waals surface area contributed by atoms with Gasteiger partial charge in [0, 0.05) is 17.8 Å². The van der Waals surface area contributed by atoms with Crippen LogP contribution in [0.1, 0.15) is 17.4 Å². The quantitative estimate of drug-likeness (QED) is 0.813. The average Bonchev–Trinajstić information content (AvgIpc) is 2.45. The maximum absolute atomic E-state index is 6.02. The Bertz CT molecular complexity index is 514. The topological polar surface area (TPSA) is 25.4 Å². The van der Waals surface area contributed by atoms with Gasteiger partial charge in [0.1, 0.15) is 0 Å². The zero-order valence-corrected chi connectivity index (χ0v) is 12.5. The molecule has 4 heteroatoms. The molecule has 0 amide bonds. The highest BCUT2D eigenvalue weighted by molar-refractivity contribution is 6.30. The fourth-order valence-corrected chi connectivity index (χ4v) is 2.06. The Balaban J connectivity index is 2.05. The molecule has 20 heavy (non-hydrogen) atoms. The monoisotopic (exact) mass is 290 g/mol. The van der Waals surface area contributed by atoms with Gasteiger partial charge < -0.3 is 9.64 Å². The van der Waals surface area contributed by atoms with Gasteiger partial charge in [-0.05, 0) is 43.9 Å². The summed E-state index contributed by atoms with van der Waals surface area (Å²) in [6.07, 6.45) is 1.78. The van der Waals surface area contributed by atoms with Crippen LogP contribution in [-0.4, -0.2) is 30.5 Å². The predicted octanol–water partition coefficient (Wildman–Crippen LogP) is 3.55. The van der Waals surface area contributed by atoms with Crippen LogP contribution in [0.25, 0.3) is 0 Å². The first-order chi connectivity index (χ1) is 9.65. The Morgan fingerprint density at radius 2 is 1.90 bits per heavy atom. The molecule has 1 aromatic carbocycles. The van der Waals surface area contributed by atoms with Crippen molar-refractivity contribution in [3.8, 4) is 0 Å². The number of benzene rings is 1. The second-order valence-corrected chi connectivity index (χ2v) is 5.37. The second kappa shape index (κ2) is 7.39. The van der Waals surface area contributed by atoms with E-state index in [-0.39, 0.29) is 6.10 Å². The van der Waals surface area contributed by atoms with Crippen molar-refractivity contribution in [1.29, 1.82) is 0 Å². The van der Waals surface area contributed by atoms with Gasteiger partial charge in [-0.1, -0.05) is 29.8 Å². The highest BCUT2D eigenvalue weighted by atomic mass is 35.5. The molecule has 0 aliphatic carbocycles. The Morgan fingerprint density at radius 3 is 2.50 bits per heavy atom. The normalized spacial score (nSPS) is 12.6. The van der Waals surface area contributed by atoms with E-state index < -0.39 is 0 Å². The lowest BCUT2D eigenvalue weighted by Gasteiger charge is -2.22. The first-order valence-corrected chi connectivity index (χ1v) is 6.94. The molecule has 0 spiro atoms. The van der Waals surface area contributed by atoms with Gasteiger partial charge in [0.2, 0.25) is 0 Å². The van der Waals surface area contributed by atoms with Crippen molar-refractivity contribution in [2.45, 2.75) is 12.7 Å².